The zero-order chi connectivity index (χ0) is 18.9. The van der Waals surface area contributed by atoms with E-state index in [-0.39, 0.29) is 23.9 Å². The summed E-state index contributed by atoms with van der Waals surface area (Å²) in [5.41, 5.74) is 1.28. The maximum absolute atomic E-state index is 12.4. The number of anilines is 2. The fraction of sp³-hybridized carbons (Fsp3) is 0.526. The molecule has 1 saturated heterocycles. The number of hydrogen-bond acceptors (Lipinski definition) is 3. The summed E-state index contributed by atoms with van der Waals surface area (Å²) in [6.45, 7) is 4.72. The van der Waals surface area contributed by atoms with Crippen LogP contribution in [-0.2, 0) is 9.59 Å². The van der Waals surface area contributed by atoms with Crippen molar-refractivity contribution in [1.29, 1.82) is 0 Å². The highest BCUT2D eigenvalue weighted by atomic mass is 16.2. The molecule has 2 rings (SSSR count). The molecular weight excluding hydrogens is 332 g/mol. The average Bonchev–Trinajstić information content (AvgIpc) is 2.60. The molecule has 7 nitrogen and oxygen atoms in total. The van der Waals surface area contributed by atoms with Crippen LogP contribution in [0.3, 0.4) is 0 Å². The van der Waals surface area contributed by atoms with Crippen molar-refractivity contribution >= 4 is 29.2 Å². The van der Waals surface area contributed by atoms with Gasteiger partial charge in [0.2, 0.25) is 11.8 Å². The second-order valence-corrected chi connectivity index (χ2v) is 6.62. The van der Waals surface area contributed by atoms with E-state index in [4.69, 9.17) is 0 Å². The predicted molar refractivity (Wildman–Crippen MR) is 102 cm³/mol. The Hall–Kier alpha value is -2.57. The van der Waals surface area contributed by atoms with E-state index >= 15 is 0 Å². The molecule has 0 aromatic heterocycles. The Morgan fingerprint density at radius 2 is 1.77 bits per heavy atom. The first kappa shape index (κ1) is 19.8. The van der Waals surface area contributed by atoms with E-state index in [9.17, 15) is 14.4 Å². The van der Waals surface area contributed by atoms with E-state index < -0.39 is 0 Å². The molecular formula is C19H28N4O3. The zero-order valence-corrected chi connectivity index (χ0v) is 15.5. The summed E-state index contributed by atoms with van der Waals surface area (Å²) in [6.07, 6.45) is 4.01. The van der Waals surface area contributed by atoms with Crippen molar-refractivity contribution in [1.82, 2.24) is 10.2 Å². The van der Waals surface area contributed by atoms with Crippen molar-refractivity contribution in [3.8, 4) is 0 Å². The van der Waals surface area contributed by atoms with E-state index in [1.807, 2.05) is 0 Å². The van der Waals surface area contributed by atoms with Crippen LogP contribution in [0.1, 0.15) is 46.0 Å². The van der Waals surface area contributed by atoms with Gasteiger partial charge in [-0.2, -0.15) is 0 Å². The van der Waals surface area contributed by atoms with Crippen molar-refractivity contribution < 1.29 is 14.4 Å². The molecule has 1 heterocycles. The lowest BCUT2D eigenvalue weighted by molar-refractivity contribution is -0.122. The lowest BCUT2D eigenvalue weighted by Crippen LogP contribution is -2.47. The molecule has 0 atom stereocenters. The highest BCUT2D eigenvalue weighted by Crippen LogP contribution is 2.17. The van der Waals surface area contributed by atoms with E-state index in [1.165, 1.54) is 6.92 Å². The van der Waals surface area contributed by atoms with Crippen molar-refractivity contribution in [2.75, 3.05) is 23.7 Å². The summed E-state index contributed by atoms with van der Waals surface area (Å²) in [5.74, 6) is -0.0546. The number of nitrogens with one attached hydrogen (secondary N) is 3. The maximum atomic E-state index is 12.4. The maximum Gasteiger partial charge on any atom is 0.321 e. The van der Waals surface area contributed by atoms with Crippen molar-refractivity contribution in [3.05, 3.63) is 24.3 Å². The lowest BCUT2D eigenvalue weighted by atomic mass is 10.0. The summed E-state index contributed by atoms with van der Waals surface area (Å²) in [4.78, 5) is 37.1. The Bertz CT molecular complexity index is 639. The Morgan fingerprint density at radius 1 is 1.12 bits per heavy atom. The molecule has 0 spiro atoms. The highest BCUT2D eigenvalue weighted by Gasteiger charge is 2.23. The topological polar surface area (TPSA) is 90.5 Å². The van der Waals surface area contributed by atoms with Gasteiger partial charge in [0.1, 0.15) is 0 Å². The molecule has 1 aliphatic rings. The molecule has 0 aliphatic carbocycles. The Labute approximate surface area is 154 Å². The third kappa shape index (κ3) is 6.38. The van der Waals surface area contributed by atoms with E-state index in [0.717, 1.165) is 25.7 Å². The van der Waals surface area contributed by atoms with Crippen LogP contribution >= 0.6 is 0 Å². The first-order chi connectivity index (χ1) is 12.5. The molecule has 4 amide bonds. The molecule has 1 aromatic rings. The predicted octanol–water partition coefficient (Wildman–Crippen LogP) is 2.95. The Kier molecular flexibility index (Phi) is 7.44. The van der Waals surface area contributed by atoms with Crippen LogP contribution in [0.25, 0.3) is 0 Å². The average molecular weight is 360 g/mol. The van der Waals surface area contributed by atoms with Gasteiger partial charge in [0, 0.05) is 43.9 Å². The molecule has 1 aromatic carbocycles. The summed E-state index contributed by atoms with van der Waals surface area (Å²) in [5, 5.41) is 8.60. The molecule has 0 bridgehead atoms. The number of rotatable bonds is 6. The molecule has 26 heavy (non-hydrogen) atoms. The lowest BCUT2D eigenvalue weighted by Gasteiger charge is -2.32. The van der Waals surface area contributed by atoms with Crippen LogP contribution in [0.5, 0.6) is 0 Å². The van der Waals surface area contributed by atoms with E-state index in [1.54, 1.807) is 29.2 Å². The number of carbonyl (C=O) groups is 3. The second-order valence-electron chi connectivity index (χ2n) is 6.62. The summed E-state index contributed by atoms with van der Waals surface area (Å²) in [7, 11) is 0. The summed E-state index contributed by atoms with van der Waals surface area (Å²) in [6, 6.07) is 7.03. The van der Waals surface area contributed by atoms with Gasteiger partial charge in [-0.05, 0) is 37.5 Å². The SMILES string of the molecule is CCCCC(=O)NC1CCN(C(=O)Nc2cccc(NC(C)=O)c2)CC1. The molecule has 3 N–H and O–H groups in total. The minimum atomic E-state index is -0.166. The largest absolute Gasteiger partial charge is 0.353 e. The number of nitrogens with zero attached hydrogens (tertiary/aromatic N) is 1. The minimum Gasteiger partial charge on any atom is -0.353 e. The standard InChI is InChI=1S/C19H28N4O3/c1-3-4-8-18(25)21-15-9-11-23(12-10-15)19(26)22-17-7-5-6-16(13-17)20-14(2)24/h5-7,13,15H,3-4,8-12H2,1-2H3,(H,20,24)(H,21,25)(H,22,26). The number of urea groups is 1. The molecule has 0 unspecified atom stereocenters. The number of hydrogen-bond donors (Lipinski definition) is 3. The molecule has 1 aliphatic heterocycles. The number of unbranched alkanes of at least 4 members (excludes halogenated alkanes) is 1. The van der Waals surface area contributed by atoms with Crippen molar-refractivity contribution in [2.45, 2.75) is 52.0 Å². The first-order valence-electron chi connectivity index (χ1n) is 9.21. The van der Waals surface area contributed by atoms with Gasteiger partial charge >= 0.3 is 6.03 Å². The fourth-order valence-corrected chi connectivity index (χ4v) is 2.94. The van der Waals surface area contributed by atoms with Gasteiger partial charge in [-0.25, -0.2) is 4.79 Å². The molecule has 0 radical (unpaired) electrons. The first-order valence-corrected chi connectivity index (χ1v) is 9.21. The van der Waals surface area contributed by atoms with Crippen LogP contribution in [0.2, 0.25) is 0 Å². The third-order valence-electron chi connectivity index (χ3n) is 4.34. The van der Waals surface area contributed by atoms with Gasteiger partial charge in [-0.15, -0.1) is 0 Å². The number of likely N-dealkylation sites (tertiary alicyclic amines) is 1. The monoisotopic (exact) mass is 360 g/mol. The summed E-state index contributed by atoms with van der Waals surface area (Å²) >= 11 is 0. The van der Waals surface area contributed by atoms with Gasteiger partial charge < -0.3 is 20.9 Å². The zero-order valence-electron chi connectivity index (χ0n) is 15.5. The van der Waals surface area contributed by atoms with Crippen LogP contribution in [0.4, 0.5) is 16.2 Å². The van der Waals surface area contributed by atoms with Gasteiger partial charge in [0.15, 0.2) is 0 Å². The fourth-order valence-electron chi connectivity index (χ4n) is 2.94. The Morgan fingerprint density at radius 3 is 2.38 bits per heavy atom. The number of benzene rings is 1. The molecule has 142 valence electrons. The molecule has 7 heteroatoms. The third-order valence-corrected chi connectivity index (χ3v) is 4.34. The van der Waals surface area contributed by atoms with Crippen LogP contribution in [-0.4, -0.2) is 41.9 Å². The van der Waals surface area contributed by atoms with Gasteiger partial charge in [-0.1, -0.05) is 19.4 Å². The molecule has 1 fully saturated rings. The number of carbonyl (C=O) groups excluding carboxylic acids is 3. The number of piperidine rings is 1. The van der Waals surface area contributed by atoms with Gasteiger partial charge in [0.25, 0.3) is 0 Å². The van der Waals surface area contributed by atoms with E-state index in [2.05, 4.69) is 22.9 Å². The van der Waals surface area contributed by atoms with Crippen LogP contribution in [0, 0.1) is 0 Å². The second kappa shape index (κ2) is 9.79. The van der Waals surface area contributed by atoms with Gasteiger partial charge in [-0.3, -0.25) is 9.59 Å². The number of amides is 4. The molecule has 0 saturated carbocycles. The van der Waals surface area contributed by atoms with Crippen molar-refractivity contribution in [2.24, 2.45) is 0 Å². The van der Waals surface area contributed by atoms with Crippen LogP contribution in [0.15, 0.2) is 24.3 Å². The smallest absolute Gasteiger partial charge is 0.321 e. The normalized spacial score (nSPS) is 14.6. The van der Waals surface area contributed by atoms with Crippen molar-refractivity contribution in [3.63, 3.8) is 0 Å². The van der Waals surface area contributed by atoms with Gasteiger partial charge in [0.05, 0.1) is 0 Å². The van der Waals surface area contributed by atoms with Crippen LogP contribution < -0.4 is 16.0 Å². The van der Waals surface area contributed by atoms with E-state index in [0.29, 0.717) is 30.9 Å². The minimum absolute atomic E-state index is 0.101. The Balaban J connectivity index is 1.79. The quantitative estimate of drug-likeness (QED) is 0.728. The highest BCUT2D eigenvalue weighted by molar-refractivity contribution is 5.92. The summed E-state index contributed by atoms with van der Waals surface area (Å²) < 4.78 is 0.